The van der Waals surface area contributed by atoms with Crippen LogP contribution >= 0.6 is 0 Å². The Labute approximate surface area is 173 Å². The highest BCUT2D eigenvalue weighted by Gasteiger charge is 2.42. The molecule has 0 aromatic carbocycles. The number of aryl methyl sites for hydroxylation is 1. The normalized spacial score (nSPS) is 26.0. The van der Waals surface area contributed by atoms with Crippen LogP contribution < -0.4 is 17.0 Å². The molecule has 11 heteroatoms. The maximum atomic E-state index is 12.9. The molecule has 166 valence electrons. The van der Waals surface area contributed by atoms with Crippen molar-refractivity contribution in [2.75, 3.05) is 13.1 Å². The second kappa shape index (κ2) is 7.97. The molecule has 4 N–H and O–H groups in total. The predicted octanol–water partition coefficient (Wildman–Crippen LogP) is -1.55. The number of rotatable bonds is 4. The molecule has 1 amide bonds. The minimum Gasteiger partial charge on any atom is -0.391 e. The summed E-state index contributed by atoms with van der Waals surface area (Å²) in [4.78, 5) is 43.6. The summed E-state index contributed by atoms with van der Waals surface area (Å²) in [5, 5.41) is 21.6. The van der Waals surface area contributed by atoms with Gasteiger partial charge in [0.2, 0.25) is 5.91 Å². The fourth-order valence-corrected chi connectivity index (χ4v) is 4.25. The number of aromatic nitrogens is 4. The highest BCUT2D eigenvalue weighted by atomic mass is 16.3. The lowest BCUT2D eigenvalue weighted by molar-refractivity contribution is -0.134. The molecule has 3 rings (SSSR count). The van der Waals surface area contributed by atoms with Gasteiger partial charge in [-0.2, -0.15) is 0 Å². The highest BCUT2D eigenvalue weighted by Crippen LogP contribution is 2.33. The van der Waals surface area contributed by atoms with Crippen molar-refractivity contribution in [2.24, 2.45) is 19.8 Å². The van der Waals surface area contributed by atoms with Crippen molar-refractivity contribution in [1.29, 1.82) is 0 Å². The van der Waals surface area contributed by atoms with Gasteiger partial charge in [0.15, 0.2) is 11.2 Å². The minimum atomic E-state index is -1.45. The third-order valence-corrected chi connectivity index (χ3v) is 5.93. The quantitative estimate of drug-likeness (QED) is 0.540. The van der Waals surface area contributed by atoms with E-state index in [2.05, 4.69) is 4.98 Å². The average molecular weight is 422 g/mol. The van der Waals surface area contributed by atoms with Gasteiger partial charge >= 0.3 is 5.69 Å². The fraction of sp³-hybridized carbons (Fsp3) is 0.684. The molecule has 0 spiro atoms. The first-order valence-corrected chi connectivity index (χ1v) is 10.1. The Kier molecular flexibility index (Phi) is 5.89. The van der Waals surface area contributed by atoms with E-state index in [1.807, 2.05) is 6.92 Å². The summed E-state index contributed by atoms with van der Waals surface area (Å²) in [6.07, 6.45) is 1.67. The van der Waals surface area contributed by atoms with Crippen LogP contribution in [0.25, 0.3) is 11.2 Å². The van der Waals surface area contributed by atoms with Crippen LogP contribution in [0.3, 0.4) is 0 Å². The summed E-state index contributed by atoms with van der Waals surface area (Å²) in [6, 6.07) is -1.48. The van der Waals surface area contributed by atoms with Gasteiger partial charge < -0.3 is 25.4 Å². The molecule has 1 fully saturated rings. The van der Waals surface area contributed by atoms with Crippen molar-refractivity contribution in [2.45, 2.75) is 56.9 Å². The van der Waals surface area contributed by atoms with Crippen LogP contribution in [0.15, 0.2) is 15.9 Å². The van der Waals surface area contributed by atoms with E-state index in [0.717, 1.165) is 11.0 Å². The topological polar surface area (TPSA) is 149 Å². The first-order chi connectivity index (χ1) is 14.0. The number of imidazole rings is 1. The number of nitrogens with zero attached hydrogens (tertiary/aromatic N) is 5. The Morgan fingerprint density at radius 2 is 2.00 bits per heavy atom. The van der Waals surface area contributed by atoms with Gasteiger partial charge in [0, 0.05) is 33.6 Å². The van der Waals surface area contributed by atoms with Gasteiger partial charge in [0.1, 0.15) is 0 Å². The van der Waals surface area contributed by atoms with Crippen LogP contribution in [0.5, 0.6) is 0 Å². The number of carbonyl (C=O) groups is 1. The van der Waals surface area contributed by atoms with E-state index in [0.29, 0.717) is 6.42 Å². The largest absolute Gasteiger partial charge is 0.391 e. The molecule has 0 bridgehead atoms. The zero-order chi connectivity index (χ0) is 22.4. The molecule has 11 nitrogen and oxygen atoms in total. The van der Waals surface area contributed by atoms with Crippen LogP contribution in [0.4, 0.5) is 0 Å². The Morgan fingerprint density at radius 3 is 2.63 bits per heavy atom. The lowest BCUT2D eigenvalue weighted by Gasteiger charge is -2.34. The number of aliphatic hydroxyl groups excluding tert-OH is 1. The zero-order valence-electron chi connectivity index (χ0n) is 17.8. The summed E-state index contributed by atoms with van der Waals surface area (Å²) >= 11 is 0. The maximum absolute atomic E-state index is 12.9. The molecule has 3 heterocycles. The summed E-state index contributed by atoms with van der Waals surface area (Å²) in [5.74, 6) is -0.316. The molecule has 1 aliphatic heterocycles. The summed E-state index contributed by atoms with van der Waals surface area (Å²) in [5.41, 5.74) is 3.83. The number of amides is 1. The molecular weight excluding hydrogens is 392 g/mol. The van der Waals surface area contributed by atoms with Crippen molar-refractivity contribution in [3.05, 3.63) is 27.2 Å². The molecule has 1 aliphatic rings. The van der Waals surface area contributed by atoms with Gasteiger partial charge in [-0.1, -0.05) is 13.3 Å². The SMILES string of the molecule is CCC[C@H](N)C(=O)N1C[C@@H](O)C[C@@](C)(O)[C@H](n2cnc3c2c(=O)n(C)c(=O)n3C)C1. The first-order valence-electron chi connectivity index (χ1n) is 10.1. The number of hydrogen-bond acceptors (Lipinski definition) is 7. The predicted molar refractivity (Wildman–Crippen MR) is 110 cm³/mol. The number of β-amino-alcohol motifs (C(OH)–C–C–N with tert-alkyl or cyclic N) is 1. The lowest BCUT2D eigenvalue weighted by atomic mass is 9.91. The number of carbonyl (C=O) groups excluding carboxylic acids is 1. The van der Waals surface area contributed by atoms with E-state index in [9.17, 15) is 24.6 Å². The van der Waals surface area contributed by atoms with E-state index in [1.54, 1.807) is 6.92 Å². The molecule has 30 heavy (non-hydrogen) atoms. The van der Waals surface area contributed by atoms with Crippen LogP contribution in [-0.2, 0) is 18.9 Å². The van der Waals surface area contributed by atoms with Crippen LogP contribution in [0, 0.1) is 0 Å². The maximum Gasteiger partial charge on any atom is 0.332 e. The standard InChI is InChI=1S/C19H30N6O5/c1-5-6-12(20)16(27)24-8-11(26)7-19(2,30)13(9-24)25-10-21-15-14(25)17(28)23(4)18(29)22(15)3/h10-13,26,30H,5-9,20H2,1-4H3/t11-,12-,13+,19+/m0/s1. The molecule has 0 saturated carbocycles. The molecular formula is C19H30N6O5. The third kappa shape index (κ3) is 3.68. The number of fused-ring (bicyclic) bond motifs is 1. The Balaban J connectivity index is 2.14. The number of hydrogen-bond donors (Lipinski definition) is 3. The van der Waals surface area contributed by atoms with Crippen molar-refractivity contribution >= 4 is 17.1 Å². The van der Waals surface area contributed by atoms with Crippen molar-refractivity contribution < 1.29 is 15.0 Å². The smallest absolute Gasteiger partial charge is 0.332 e. The van der Waals surface area contributed by atoms with Gasteiger partial charge in [-0.05, 0) is 13.3 Å². The zero-order valence-corrected chi connectivity index (χ0v) is 17.8. The van der Waals surface area contributed by atoms with Crippen LogP contribution in [0.2, 0.25) is 0 Å². The minimum absolute atomic E-state index is 0.00375. The Morgan fingerprint density at radius 1 is 1.33 bits per heavy atom. The second-order valence-electron chi connectivity index (χ2n) is 8.40. The van der Waals surface area contributed by atoms with Gasteiger partial charge in [0.05, 0.1) is 30.1 Å². The van der Waals surface area contributed by atoms with E-state index in [4.69, 9.17) is 5.73 Å². The fourth-order valence-electron chi connectivity index (χ4n) is 4.25. The summed E-state index contributed by atoms with van der Waals surface area (Å²) in [7, 11) is 2.88. The Bertz CT molecular complexity index is 1070. The molecule has 2 aromatic rings. The molecule has 4 atom stereocenters. The van der Waals surface area contributed by atoms with E-state index < -0.39 is 35.0 Å². The van der Waals surface area contributed by atoms with Gasteiger partial charge in [-0.15, -0.1) is 0 Å². The van der Waals surface area contributed by atoms with Crippen molar-refractivity contribution in [3.8, 4) is 0 Å². The van der Waals surface area contributed by atoms with Crippen LogP contribution in [-0.4, -0.2) is 70.5 Å². The number of aliphatic hydroxyl groups is 2. The van der Waals surface area contributed by atoms with Gasteiger partial charge in [0.25, 0.3) is 5.56 Å². The third-order valence-electron chi connectivity index (χ3n) is 5.93. The average Bonchev–Trinajstić information content (AvgIpc) is 3.06. The highest BCUT2D eigenvalue weighted by molar-refractivity contribution is 5.81. The molecule has 1 saturated heterocycles. The lowest BCUT2D eigenvalue weighted by Crippen LogP contribution is -2.48. The number of likely N-dealkylation sites (tertiary alicyclic amines) is 1. The van der Waals surface area contributed by atoms with E-state index in [-0.39, 0.29) is 36.6 Å². The molecule has 0 radical (unpaired) electrons. The first kappa shape index (κ1) is 22.2. The second-order valence-corrected chi connectivity index (χ2v) is 8.40. The Hall–Kier alpha value is -2.50. The monoisotopic (exact) mass is 422 g/mol. The van der Waals surface area contributed by atoms with Crippen molar-refractivity contribution in [3.63, 3.8) is 0 Å². The molecule has 2 aromatic heterocycles. The van der Waals surface area contributed by atoms with Gasteiger partial charge in [-0.3, -0.25) is 18.7 Å². The van der Waals surface area contributed by atoms with E-state index >= 15 is 0 Å². The summed E-state index contributed by atoms with van der Waals surface area (Å²) < 4.78 is 3.73. The van der Waals surface area contributed by atoms with Crippen molar-refractivity contribution in [1.82, 2.24) is 23.6 Å². The molecule has 0 aliphatic carbocycles. The van der Waals surface area contributed by atoms with Crippen LogP contribution in [0.1, 0.15) is 39.2 Å². The van der Waals surface area contributed by atoms with Gasteiger partial charge in [-0.25, -0.2) is 9.78 Å². The summed E-state index contributed by atoms with van der Waals surface area (Å²) in [6.45, 7) is 3.55. The molecule has 0 unspecified atom stereocenters. The van der Waals surface area contributed by atoms with E-state index in [1.165, 1.54) is 34.5 Å². The number of nitrogens with two attached hydrogens (primary N) is 1.